The van der Waals surface area contributed by atoms with Gasteiger partial charge in [0, 0.05) is 37.7 Å². The first-order chi connectivity index (χ1) is 21.1. The molecule has 1 aliphatic rings. The van der Waals surface area contributed by atoms with Crippen LogP contribution in [0.3, 0.4) is 0 Å². The number of amides is 2. The molecule has 0 spiro atoms. The van der Waals surface area contributed by atoms with Crippen LogP contribution in [0.4, 0.5) is 10.5 Å². The summed E-state index contributed by atoms with van der Waals surface area (Å²) in [6.07, 6.45) is 0.964. The van der Waals surface area contributed by atoms with Crippen molar-refractivity contribution in [2.24, 2.45) is 0 Å². The number of piperidine rings is 1. The van der Waals surface area contributed by atoms with Gasteiger partial charge < -0.3 is 24.0 Å². The number of nitrogens with zero attached hydrogens (tertiary/aromatic N) is 3. The lowest BCUT2D eigenvalue weighted by Crippen LogP contribution is -2.44. The van der Waals surface area contributed by atoms with E-state index in [1.54, 1.807) is 34.1 Å². The summed E-state index contributed by atoms with van der Waals surface area (Å²) >= 11 is 0. The molecule has 1 aliphatic heterocycles. The molecule has 0 atom stereocenters. The second kappa shape index (κ2) is 13.1. The molecule has 8 heteroatoms. The molecule has 4 aromatic carbocycles. The molecule has 0 aromatic heterocycles. The van der Waals surface area contributed by atoms with Crippen molar-refractivity contribution in [1.29, 1.82) is 5.26 Å². The Hall–Kier alpha value is -5.03. The quantitative estimate of drug-likeness (QED) is 0.223. The summed E-state index contributed by atoms with van der Waals surface area (Å²) in [4.78, 5) is 30.0. The van der Waals surface area contributed by atoms with E-state index >= 15 is 0 Å². The fourth-order valence-electron chi connectivity index (χ4n) is 5.28. The van der Waals surface area contributed by atoms with Gasteiger partial charge in [0.25, 0.3) is 5.91 Å². The number of carbonyl (C=O) groups excluding carboxylic acids is 2. The molecule has 1 heterocycles. The molecule has 0 unspecified atom stereocenters. The van der Waals surface area contributed by atoms with Crippen LogP contribution in [0.5, 0.6) is 11.5 Å². The Balaban J connectivity index is 1.33. The van der Waals surface area contributed by atoms with Crippen LogP contribution in [-0.4, -0.2) is 48.8 Å². The van der Waals surface area contributed by atoms with Crippen LogP contribution < -0.4 is 14.4 Å². The lowest BCUT2D eigenvalue weighted by Gasteiger charge is -2.33. The number of likely N-dealkylation sites (tertiary alicyclic amines) is 1. The smallest absolute Gasteiger partial charge is 0.410 e. The van der Waals surface area contributed by atoms with Crippen molar-refractivity contribution in [3.63, 3.8) is 0 Å². The maximum atomic E-state index is 14.1. The van der Waals surface area contributed by atoms with E-state index in [2.05, 4.69) is 6.07 Å². The zero-order chi connectivity index (χ0) is 31.3. The number of ether oxygens (including phenoxy) is 3. The van der Waals surface area contributed by atoms with Crippen LogP contribution in [0.2, 0.25) is 0 Å². The third-order valence-electron chi connectivity index (χ3n) is 7.49. The Bertz CT molecular complexity index is 1680. The first-order valence-electron chi connectivity index (χ1n) is 14.8. The van der Waals surface area contributed by atoms with Crippen molar-refractivity contribution in [1.82, 2.24) is 4.90 Å². The molecule has 0 saturated carbocycles. The SMILES string of the molecule is COc1cc(OC2CCN(C(=O)OC(C)(C)C)CC2)ccc1C(=O)N(Cc1ccc2ccc(C#N)cc2c1)c1ccccc1. The second-order valence-electron chi connectivity index (χ2n) is 11.9. The predicted octanol–water partition coefficient (Wildman–Crippen LogP) is 7.35. The Kier molecular flexibility index (Phi) is 9.05. The highest BCUT2D eigenvalue weighted by molar-refractivity contribution is 6.08. The van der Waals surface area contributed by atoms with Crippen molar-refractivity contribution in [3.8, 4) is 17.6 Å². The van der Waals surface area contributed by atoms with Gasteiger partial charge in [0.1, 0.15) is 23.2 Å². The number of hydrogen-bond donors (Lipinski definition) is 0. The van der Waals surface area contributed by atoms with Gasteiger partial charge in [-0.1, -0.05) is 36.4 Å². The maximum absolute atomic E-state index is 14.1. The van der Waals surface area contributed by atoms with Gasteiger partial charge in [0.2, 0.25) is 0 Å². The Morgan fingerprint density at radius 1 is 0.932 bits per heavy atom. The molecule has 5 rings (SSSR count). The maximum Gasteiger partial charge on any atom is 0.410 e. The van der Waals surface area contributed by atoms with E-state index < -0.39 is 5.60 Å². The van der Waals surface area contributed by atoms with Gasteiger partial charge in [-0.3, -0.25) is 4.79 Å². The van der Waals surface area contributed by atoms with Gasteiger partial charge in [0.05, 0.1) is 30.9 Å². The molecule has 226 valence electrons. The molecule has 44 heavy (non-hydrogen) atoms. The van der Waals surface area contributed by atoms with Crippen LogP contribution in [0.1, 0.15) is 55.1 Å². The molecule has 0 aliphatic carbocycles. The van der Waals surface area contributed by atoms with Crippen molar-refractivity contribution in [3.05, 3.63) is 102 Å². The monoisotopic (exact) mass is 591 g/mol. The Morgan fingerprint density at radius 2 is 1.66 bits per heavy atom. The van der Waals surface area contributed by atoms with Crippen LogP contribution in [0.25, 0.3) is 10.8 Å². The summed E-state index contributed by atoms with van der Waals surface area (Å²) in [5, 5.41) is 11.3. The molecule has 2 amide bonds. The zero-order valence-electron chi connectivity index (χ0n) is 25.6. The topological polar surface area (TPSA) is 92.1 Å². The number of para-hydroxylation sites is 1. The second-order valence-corrected chi connectivity index (χ2v) is 11.9. The first kappa shape index (κ1) is 30.4. The number of fused-ring (bicyclic) bond motifs is 1. The van der Waals surface area contributed by atoms with Crippen LogP contribution in [0.15, 0.2) is 84.9 Å². The van der Waals surface area contributed by atoms with Crippen molar-refractivity contribution in [2.75, 3.05) is 25.1 Å². The molecule has 8 nitrogen and oxygen atoms in total. The first-order valence-corrected chi connectivity index (χ1v) is 14.8. The summed E-state index contributed by atoms with van der Waals surface area (Å²) in [6.45, 7) is 7.00. The van der Waals surface area contributed by atoms with E-state index in [1.807, 2.05) is 81.4 Å². The zero-order valence-corrected chi connectivity index (χ0v) is 25.6. The van der Waals surface area contributed by atoms with E-state index in [0.29, 0.717) is 55.1 Å². The lowest BCUT2D eigenvalue weighted by molar-refractivity contribution is 0.0126. The third kappa shape index (κ3) is 7.30. The number of nitriles is 1. The summed E-state index contributed by atoms with van der Waals surface area (Å²) in [5.74, 6) is 0.802. The van der Waals surface area contributed by atoms with E-state index in [9.17, 15) is 14.9 Å². The molecule has 4 aromatic rings. The largest absolute Gasteiger partial charge is 0.496 e. The molecular formula is C36H37N3O5. The molecule has 0 bridgehead atoms. The highest BCUT2D eigenvalue weighted by Crippen LogP contribution is 2.31. The normalized spacial score (nSPS) is 13.7. The number of carbonyl (C=O) groups is 2. The highest BCUT2D eigenvalue weighted by Gasteiger charge is 2.28. The van der Waals surface area contributed by atoms with Crippen LogP contribution in [0, 0.1) is 11.3 Å². The molecular weight excluding hydrogens is 554 g/mol. The minimum Gasteiger partial charge on any atom is -0.496 e. The Morgan fingerprint density at radius 3 is 2.34 bits per heavy atom. The predicted molar refractivity (Wildman–Crippen MR) is 170 cm³/mol. The minimum absolute atomic E-state index is 0.0739. The molecule has 1 saturated heterocycles. The summed E-state index contributed by atoms with van der Waals surface area (Å²) < 4.78 is 17.4. The van der Waals surface area contributed by atoms with E-state index in [0.717, 1.165) is 22.0 Å². The van der Waals surface area contributed by atoms with Gasteiger partial charge in [-0.25, -0.2) is 4.79 Å². The van der Waals surface area contributed by atoms with Gasteiger partial charge in [-0.15, -0.1) is 0 Å². The molecule has 0 N–H and O–H groups in total. The highest BCUT2D eigenvalue weighted by atomic mass is 16.6. The van der Waals surface area contributed by atoms with Gasteiger partial charge >= 0.3 is 6.09 Å². The lowest BCUT2D eigenvalue weighted by atomic mass is 10.0. The van der Waals surface area contributed by atoms with E-state index in [1.165, 1.54) is 7.11 Å². The number of anilines is 1. The van der Waals surface area contributed by atoms with Crippen molar-refractivity contribution < 1.29 is 23.8 Å². The summed E-state index contributed by atoms with van der Waals surface area (Å²) in [5.41, 5.74) is 2.15. The summed E-state index contributed by atoms with van der Waals surface area (Å²) in [6, 6.07) is 28.6. The van der Waals surface area contributed by atoms with Gasteiger partial charge in [-0.05, 0) is 79.6 Å². The molecule has 1 fully saturated rings. The van der Waals surface area contributed by atoms with Gasteiger partial charge in [-0.2, -0.15) is 5.26 Å². The van der Waals surface area contributed by atoms with E-state index in [-0.39, 0.29) is 18.1 Å². The number of rotatable bonds is 7. The van der Waals surface area contributed by atoms with Crippen LogP contribution >= 0.6 is 0 Å². The third-order valence-corrected chi connectivity index (χ3v) is 7.49. The average Bonchev–Trinajstić information content (AvgIpc) is 3.02. The standard InChI is InChI=1S/C36H37N3O5/c1-36(2,3)44-35(41)38-18-16-30(17-19-38)43-31-14-15-32(33(22-31)42-4)34(40)39(29-8-6-5-7-9-29)24-26-11-13-27-12-10-25(23-37)20-28(27)21-26/h5-15,20-22,30H,16-19,24H2,1-4H3. The Labute approximate surface area is 258 Å². The molecule has 0 radical (unpaired) electrons. The van der Waals surface area contributed by atoms with Crippen molar-refractivity contribution in [2.45, 2.75) is 51.9 Å². The van der Waals surface area contributed by atoms with Gasteiger partial charge in [0.15, 0.2) is 0 Å². The summed E-state index contributed by atoms with van der Waals surface area (Å²) in [7, 11) is 1.54. The number of methoxy groups -OCH3 is 1. The van der Waals surface area contributed by atoms with Crippen molar-refractivity contribution >= 4 is 28.5 Å². The fourth-order valence-corrected chi connectivity index (χ4v) is 5.28. The minimum atomic E-state index is -0.534. The average molecular weight is 592 g/mol. The van der Waals surface area contributed by atoms with Crippen LogP contribution in [-0.2, 0) is 11.3 Å². The van der Waals surface area contributed by atoms with E-state index in [4.69, 9.17) is 14.2 Å². The fraction of sp³-hybridized carbons (Fsp3) is 0.306. The number of benzene rings is 4. The number of hydrogen-bond acceptors (Lipinski definition) is 6.